The highest BCUT2D eigenvalue weighted by molar-refractivity contribution is 9.09. The molecule has 1 saturated carbocycles. The van der Waals surface area contributed by atoms with Crippen LogP contribution in [0.4, 0.5) is 0 Å². The molecule has 76 valence electrons. The van der Waals surface area contributed by atoms with Crippen molar-refractivity contribution in [3.63, 3.8) is 0 Å². The summed E-state index contributed by atoms with van der Waals surface area (Å²) in [6.07, 6.45) is 1.60. The van der Waals surface area contributed by atoms with Gasteiger partial charge in [0.2, 0.25) is 10.0 Å². The fourth-order valence-electron chi connectivity index (χ4n) is 1.32. The summed E-state index contributed by atoms with van der Waals surface area (Å²) in [5, 5.41) is -0.146. The zero-order valence-corrected chi connectivity index (χ0v) is 9.47. The van der Waals surface area contributed by atoms with Gasteiger partial charge in [0.15, 0.2) is 0 Å². The summed E-state index contributed by atoms with van der Waals surface area (Å²) in [5.41, 5.74) is 0. The highest BCUT2D eigenvalue weighted by Crippen LogP contribution is 2.28. The maximum atomic E-state index is 11.5. The third kappa shape index (κ3) is 2.23. The average Bonchev–Trinajstić information content (AvgIpc) is 2.80. The predicted octanol–water partition coefficient (Wildman–Crippen LogP) is 0.231. The third-order valence-corrected chi connectivity index (χ3v) is 5.17. The first kappa shape index (κ1) is 9.89. The van der Waals surface area contributed by atoms with E-state index < -0.39 is 10.0 Å². The normalized spacial score (nSPS) is 35.2. The number of ether oxygens (including phenoxy) is 1. The Bertz CT molecular complexity index is 288. The molecule has 0 spiro atoms. The molecule has 2 atom stereocenters. The van der Waals surface area contributed by atoms with Gasteiger partial charge in [-0.25, -0.2) is 13.1 Å². The van der Waals surface area contributed by atoms with E-state index in [0.717, 1.165) is 12.8 Å². The second-order valence-corrected chi connectivity index (χ2v) is 6.69. The number of halogens is 1. The number of sulfonamides is 1. The van der Waals surface area contributed by atoms with E-state index in [0.29, 0.717) is 13.2 Å². The molecule has 1 aliphatic carbocycles. The molecule has 0 aromatic heterocycles. The minimum atomic E-state index is -3.06. The molecule has 0 bridgehead atoms. The zero-order valence-electron chi connectivity index (χ0n) is 7.07. The number of nitrogens with one attached hydrogen (secondary N) is 1. The molecule has 2 aliphatic rings. The molecule has 13 heavy (non-hydrogen) atoms. The first-order chi connectivity index (χ1) is 6.09. The van der Waals surface area contributed by atoms with Gasteiger partial charge in [-0.15, -0.1) is 0 Å². The van der Waals surface area contributed by atoms with E-state index >= 15 is 0 Å². The lowest BCUT2D eigenvalue weighted by Gasteiger charge is -2.13. The summed E-state index contributed by atoms with van der Waals surface area (Å²) in [5.74, 6) is 0. The van der Waals surface area contributed by atoms with E-state index in [4.69, 9.17) is 4.74 Å². The Morgan fingerprint density at radius 1 is 1.31 bits per heavy atom. The number of alkyl halides is 1. The van der Waals surface area contributed by atoms with Crippen LogP contribution >= 0.6 is 15.9 Å². The van der Waals surface area contributed by atoms with Crippen molar-refractivity contribution in [1.82, 2.24) is 4.72 Å². The van der Waals surface area contributed by atoms with Crippen LogP contribution in [0.15, 0.2) is 0 Å². The van der Waals surface area contributed by atoms with Crippen LogP contribution in [0.2, 0.25) is 0 Å². The Hall–Kier alpha value is 0.350. The highest BCUT2D eigenvalue weighted by atomic mass is 79.9. The first-order valence-corrected chi connectivity index (χ1v) is 6.79. The second kappa shape index (κ2) is 3.49. The van der Waals surface area contributed by atoms with E-state index in [9.17, 15) is 8.42 Å². The number of rotatable bonds is 3. The molecule has 2 fully saturated rings. The van der Waals surface area contributed by atoms with E-state index in [1.165, 1.54) is 0 Å². The van der Waals surface area contributed by atoms with Crippen LogP contribution in [-0.4, -0.2) is 37.8 Å². The van der Waals surface area contributed by atoms with Gasteiger partial charge in [-0.3, -0.25) is 0 Å². The van der Waals surface area contributed by atoms with Gasteiger partial charge >= 0.3 is 0 Å². The van der Waals surface area contributed by atoms with Crippen molar-refractivity contribution in [2.75, 3.05) is 13.2 Å². The van der Waals surface area contributed by atoms with Gasteiger partial charge < -0.3 is 4.74 Å². The molecule has 0 aromatic rings. The quantitative estimate of drug-likeness (QED) is 0.747. The van der Waals surface area contributed by atoms with E-state index in [1.807, 2.05) is 0 Å². The van der Waals surface area contributed by atoms with Gasteiger partial charge in [-0.2, -0.15) is 0 Å². The van der Waals surface area contributed by atoms with Crippen LogP contribution in [0.5, 0.6) is 0 Å². The zero-order chi connectivity index (χ0) is 9.47. The minimum Gasteiger partial charge on any atom is -0.379 e. The SMILES string of the molecule is O=S(=O)(NC1COCC1Br)C1CC1. The Morgan fingerprint density at radius 3 is 2.46 bits per heavy atom. The molecule has 0 radical (unpaired) electrons. The van der Waals surface area contributed by atoms with E-state index in [2.05, 4.69) is 20.7 Å². The van der Waals surface area contributed by atoms with Gasteiger partial charge in [0.1, 0.15) is 0 Å². The molecule has 1 N–H and O–H groups in total. The Morgan fingerprint density at radius 2 is 2.00 bits per heavy atom. The van der Waals surface area contributed by atoms with Gasteiger partial charge in [-0.1, -0.05) is 15.9 Å². The standard InChI is InChI=1S/C7H12BrNO3S/c8-6-3-12-4-7(6)9-13(10,11)5-1-2-5/h5-7,9H,1-4H2. The third-order valence-electron chi connectivity index (χ3n) is 2.29. The maximum absolute atomic E-state index is 11.5. The molecule has 2 rings (SSSR count). The molecule has 6 heteroatoms. The van der Waals surface area contributed by atoms with Crippen molar-refractivity contribution < 1.29 is 13.2 Å². The summed E-state index contributed by atoms with van der Waals surface area (Å²) in [7, 11) is -3.06. The summed E-state index contributed by atoms with van der Waals surface area (Å²) in [4.78, 5) is 0.112. The van der Waals surface area contributed by atoms with E-state index in [1.54, 1.807) is 0 Å². The van der Waals surface area contributed by atoms with Gasteiger partial charge in [-0.05, 0) is 12.8 Å². The first-order valence-electron chi connectivity index (χ1n) is 4.32. The molecular formula is C7H12BrNO3S. The van der Waals surface area contributed by atoms with Crippen molar-refractivity contribution in [3.8, 4) is 0 Å². The fraction of sp³-hybridized carbons (Fsp3) is 1.00. The van der Waals surface area contributed by atoms with Crippen LogP contribution < -0.4 is 4.72 Å². The van der Waals surface area contributed by atoms with Gasteiger partial charge in [0.05, 0.1) is 29.3 Å². The van der Waals surface area contributed by atoms with Crippen LogP contribution in [0.3, 0.4) is 0 Å². The molecule has 2 unspecified atom stereocenters. The molecule has 0 amide bonds. The predicted molar refractivity (Wildman–Crippen MR) is 52.4 cm³/mol. The molecule has 1 saturated heterocycles. The lowest BCUT2D eigenvalue weighted by atomic mass is 10.3. The van der Waals surface area contributed by atoms with Crippen LogP contribution in [-0.2, 0) is 14.8 Å². The Kier molecular flexibility index (Phi) is 2.65. The Labute approximate surface area is 86.2 Å². The highest BCUT2D eigenvalue weighted by Gasteiger charge is 2.39. The fourth-order valence-corrected chi connectivity index (χ4v) is 3.57. The summed E-state index contributed by atoms with van der Waals surface area (Å²) >= 11 is 3.37. The van der Waals surface area contributed by atoms with Crippen molar-refractivity contribution >= 4 is 26.0 Å². The van der Waals surface area contributed by atoms with Gasteiger partial charge in [0.25, 0.3) is 0 Å². The molecule has 1 aliphatic heterocycles. The van der Waals surface area contributed by atoms with E-state index in [-0.39, 0.29) is 16.1 Å². The molecule has 0 aromatic carbocycles. The summed E-state index contributed by atoms with van der Waals surface area (Å²) in [6.45, 7) is 1.06. The van der Waals surface area contributed by atoms with Crippen molar-refractivity contribution in [2.45, 2.75) is 29.0 Å². The summed E-state index contributed by atoms with van der Waals surface area (Å²) < 4.78 is 30.8. The molecule has 4 nitrogen and oxygen atoms in total. The lowest BCUT2D eigenvalue weighted by Crippen LogP contribution is -2.41. The lowest BCUT2D eigenvalue weighted by molar-refractivity contribution is 0.193. The molecular weight excluding hydrogens is 258 g/mol. The second-order valence-electron chi connectivity index (χ2n) is 3.52. The van der Waals surface area contributed by atoms with Crippen molar-refractivity contribution in [1.29, 1.82) is 0 Å². The van der Waals surface area contributed by atoms with Crippen molar-refractivity contribution in [3.05, 3.63) is 0 Å². The van der Waals surface area contributed by atoms with Crippen molar-refractivity contribution in [2.24, 2.45) is 0 Å². The topological polar surface area (TPSA) is 55.4 Å². The smallest absolute Gasteiger partial charge is 0.214 e. The molecule has 1 heterocycles. The van der Waals surface area contributed by atoms with Crippen LogP contribution in [0.1, 0.15) is 12.8 Å². The number of hydrogen-bond donors (Lipinski definition) is 1. The summed E-state index contributed by atoms with van der Waals surface area (Å²) in [6, 6.07) is -0.0920. The van der Waals surface area contributed by atoms with Gasteiger partial charge in [0, 0.05) is 0 Å². The van der Waals surface area contributed by atoms with Crippen LogP contribution in [0.25, 0.3) is 0 Å². The minimum absolute atomic E-state index is 0.0920. The maximum Gasteiger partial charge on any atom is 0.214 e. The number of hydrogen-bond acceptors (Lipinski definition) is 3. The Balaban J connectivity index is 1.96. The largest absolute Gasteiger partial charge is 0.379 e. The average molecular weight is 270 g/mol. The van der Waals surface area contributed by atoms with Crippen LogP contribution in [0, 0.1) is 0 Å². The monoisotopic (exact) mass is 269 g/mol.